The van der Waals surface area contributed by atoms with Crippen LogP contribution in [0.3, 0.4) is 0 Å². The molecule has 34 heavy (non-hydrogen) atoms. The molecule has 1 N–H and O–H groups in total. The topological polar surface area (TPSA) is 88.2 Å². The molecule has 1 aromatic heterocycles. The van der Waals surface area contributed by atoms with E-state index in [1.54, 1.807) is 67.0 Å². The van der Waals surface area contributed by atoms with Gasteiger partial charge in [0.15, 0.2) is 0 Å². The van der Waals surface area contributed by atoms with Gasteiger partial charge in [-0.2, -0.15) is 0 Å². The van der Waals surface area contributed by atoms with Crippen LogP contribution in [-0.2, 0) is 16.0 Å². The number of methoxy groups -OCH3 is 2. The van der Waals surface area contributed by atoms with E-state index in [4.69, 9.17) is 9.47 Å². The van der Waals surface area contributed by atoms with E-state index >= 15 is 0 Å². The standard InChI is InChI=1S/C25H25N3O5S/c1-32-19-10-8-17(9-11-19)26-23(29)16-22-24(30)28(18-5-3-6-20(15-18)33-2)25(31)27(22)13-12-21-7-4-14-34-21/h3-11,14-15,22H,12-13,16H2,1-2H3,(H,26,29)/t22-/m1/s1. The lowest BCUT2D eigenvalue weighted by atomic mass is 10.1. The van der Waals surface area contributed by atoms with Gasteiger partial charge in [-0.05, 0) is 54.3 Å². The Morgan fingerprint density at radius 2 is 1.76 bits per heavy atom. The zero-order chi connectivity index (χ0) is 24.1. The van der Waals surface area contributed by atoms with E-state index < -0.39 is 18.0 Å². The summed E-state index contributed by atoms with van der Waals surface area (Å²) >= 11 is 1.59. The Labute approximate surface area is 201 Å². The van der Waals surface area contributed by atoms with E-state index in [2.05, 4.69) is 5.32 Å². The van der Waals surface area contributed by atoms with E-state index in [0.717, 1.165) is 9.78 Å². The number of hydrogen-bond acceptors (Lipinski definition) is 6. The van der Waals surface area contributed by atoms with Gasteiger partial charge < -0.3 is 19.7 Å². The summed E-state index contributed by atoms with van der Waals surface area (Å²) in [6.07, 6.45) is 0.445. The minimum atomic E-state index is -0.906. The lowest BCUT2D eigenvalue weighted by molar-refractivity contribution is -0.124. The van der Waals surface area contributed by atoms with Crippen molar-refractivity contribution in [3.05, 3.63) is 70.9 Å². The van der Waals surface area contributed by atoms with Gasteiger partial charge in [-0.15, -0.1) is 11.3 Å². The third-order valence-electron chi connectivity index (χ3n) is 5.56. The molecule has 2 aromatic carbocycles. The van der Waals surface area contributed by atoms with Crippen molar-refractivity contribution in [3.8, 4) is 11.5 Å². The predicted molar refractivity (Wildman–Crippen MR) is 131 cm³/mol. The first-order valence-corrected chi connectivity index (χ1v) is 11.6. The molecule has 3 aromatic rings. The van der Waals surface area contributed by atoms with Crippen LogP contribution in [0.5, 0.6) is 11.5 Å². The predicted octanol–water partition coefficient (Wildman–Crippen LogP) is 4.17. The summed E-state index contributed by atoms with van der Waals surface area (Å²) < 4.78 is 10.4. The molecule has 1 fully saturated rings. The molecule has 0 radical (unpaired) electrons. The number of imide groups is 1. The fourth-order valence-electron chi connectivity index (χ4n) is 3.82. The van der Waals surface area contributed by atoms with Crippen LogP contribution in [0.15, 0.2) is 66.0 Å². The van der Waals surface area contributed by atoms with Gasteiger partial charge in [-0.25, -0.2) is 9.69 Å². The Balaban J connectivity index is 1.54. The van der Waals surface area contributed by atoms with Gasteiger partial charge in [0.05, 0.1) is 26.3 Å². The Kier molecular flexibility index (Phi) is 7.12. The largest absolute Gasteiger partial charge is 0.497 e. The monoisotopic (exact) mass is 479 g/mol. The van der Waals surface area contributed by atoms with Gasteiger partial charge in [0.25, 0.3) is 5.91 Å². The van der Waals surface area contributed by atoms with Crippen molar-refractivity contribution in [3.63, 3.8) is 0 Å². The maximum Gasteiger partial charge on any atom is 0.332 e. The second kappa shape index (κ2) is 10.4. The Bertz CT molecular complexity index is 1160. The van der Waals surface area contributed by atoms with Crippen LogP contribution in [0.1, 0.15) is 11.3 Å². The van der Waals surface area contributed by atoms with Crippen molar-refractivity contribution in [2.24, 2.45) is 0 Å². The van der Waals surface area contributed by atoms with E-state index in [1.165, 1.54) is 12.0 Å². The van der Waals surface area contributed by atoms with Crippen molar-refractivity contribution >= 4 is 40.6 Å². The summed E-state index contributed by atoms with van der Waals surface area (Å²) in [6.45, 7) is 0.325. The quantitative estimate of drug-likeness (QED) is 0.466. The Morgan fingerprint density at radius 1 is 1.00 bits per heavy atom. The van der Waals surface area contributed by atoms with Gasteiger partial charge in [0.1, 0.15) is 17.5 Å². The highest BCUT2D eigenvalue weighted by Crippen LogP contribution is 2.30. The molecule has 9 heteroatoms. The summed E-state index contributed by atoms with van der Waals surface area (Å²) in [5.74, 6) is 0.409. The summed E-state index contributed by atoms with van der Waals surface area (Å²) in [7, 11) is 3.08. The van der Waals surface area contributed by atoms with Gasteiger partial charge in [0, 0.05) is 23.2 Å². The summed E-state index contributed by atoms with van der Waals surface area (Å²) in [5.41, 5.74) is 0.992. The number of ether oxygens (including phenoxy) is 2. The molecule has 0 bridgehead atoms. The SMILES string of the molecule is COc1ccc(NC(=O)C[C@@H]2C(=O)N(c3cccc(OC)c3)C(=O)N2CCc2cccs2)cc1. The van der Waals surface area contributed by atoms with Crippen molar-refractivity contribution < 1.29 is 23.9 Å². The fourth-order valence-corrected chi connectivity index (χ4v) is 4.52. The summed E-state index contributed by atoms with van der Waals surface area (Å²) in [5, 5.41) is 4.76. The second-order valence-electron chi connectivity index (χ2n) is 7.68. The van der Waals surface area contributed by atoms with Crippen molar-refractivity contribution in [1.82, 2.24) is 4.90 Å². The first kappa shape index (κ1) is 23.3. The number of nitrogens with zero attached hydrogens (tertiary/aromatic N) is 2. The Hall–Kier alpha value is -3.85. The minimum Gasteiger partial charge on any atom is -0.497 e. The molecule has 0 unspecified atom stereocenters. The first-order chi connectivity index (χ1) is 16.5. The van der Waals surface area contributed by atoms with Gasteiger partial charge >= 0.3 is 6.03 Å². The van der Waals surface area contributed by atoms with Crippen molar-refractivity contribution in [2.45, 2.75) is 18.9 Å². The van der Waals surface area contributed by atoms with Crippen molar-refractivity contribution in [2.75, 3.05) is 31.0 Å². The molecule has 1 atom stereocenters. The molecule has 0 spiro atoms. The highest BCUT2D eigenvalue weighted by atomic mass is 32.1. The molecular formula is C25H25N3O5S. The summed E-state index contributed by atoms with van der Waals surface area (Å²) in [6, 6.07) is 16.2. The smallest absolute Gasteiger partial charge is 0.332 e. The number of carbonyl (C=O) groups is 3. The molecule has 1 aliphatic heterocycles. The normalized spacial score (nSPS) is 15.5. The average molecular weight is 480 g/mol. The Morgan fingerprint density at radius 3 is 2.44 bits per heavy atom. The van der Waals surface area contributed by atoms with Crippen LogP contribution in [0.4, 0.5) is 16.2 Å². The maximum absolute atomic E-state index is 13.4. The van der Waals surface area contributed by atoms with E-state index in [-0.39, 0.29) is 12.3 Å². The van der Waals surface area contributed by atoms with Crippen LogP contribution in [0.25, 0.3) is 0 Å². The van der Waals surface area contributed by atoms with Crippen LogP contribution in [0, 0.1) is 0 Å². The number of anilines is 2. The van der Waals surface area contributed by atoms with Gasteiger partial charge in [0.2, 0.25) is 5.91 Å². The molecule has 2 heterocycles. The van der Waals surface area contributed by atoms with E-state index in [0.29, 0.717) is 35.8 Å². The number of thiophene rings is 1. The number of rotatable bonds is 9. The average Bonchev–Trinajstić information content (AvgIpc) is 3.45. The fraction of sp³-hybridized carbons (Fsp3) is 0.240. The molecule has 0 saturated carbocycles. The molecule has 8 nitrogen and oxygen atoms in total. The molecule has 1 saturated heterocycles. The number of nitrogens with one attached hydrogen (secondary N) is 1. The molecule has 176 valence electrons. The molecule has 1 aliphatic rings. The number of amides is 4. The lowest BCUT2D eigenvalue weighted by Gasteiger charge is -2.21. The summed E-state index contributed by atoms with van der Waals surface area (Å²) in [4.78, 5) is 43.3. The molecule has 0 aliphatic carbocycles. The number of urea groups is 1. The van der Waals surface area contributed by atoms with Crippen LogP contribution in [-0.4, -0.2) is 49.6 Å². The third-order valence-corrected chi connectivity index (χ3v) is 6.50. The van der Waals surface area contributed by atoms with Crippen LogP contribution >= 0.6 is 11.3 Å². The van der Waals surface area contributed by atoms with E-state index in [9.17, 15) is 14.4 Å². The molecular weight excluding hydrogens is 454 g/mol. The van der Waals surface area contributed by atoms with Gasteiger partial charge in [-0.3, -0.25) is 9.59 Å². The molecule has 4 amide bonds. The maximum atomic E-state index is 13.4. The highest BCUT2D eigenvalue weighted by Gasteiger charge is 2.46. The number of hydrogen-bond donors (Lipinski definition) is 1. The van der Waals surface area contributed by atoms with Crippen LogP contribution in [0.2, 0.25) is 0 Å². The third kappa shape index (κ3) is 5.04. The first-order valence-electron chi connectivity index (χ1n) is 10.7. The zero-order valence-electron chi connectivity index (χ0n) is 18.9. The lowest BCUT2D eigenvalue weighted by Crippen LogP contribution is -2.39. The van der Waals surface area contributed by atoms with Crippen LogP contribution < -0.4 is 19.7 Å². The highest BCUT2D eigenvalue weighted by molar-refractivity contribution is 7.09. The van der Waals surface area contributed by atoms with Crippen molar-refractivity contribution in [1.29, 1.82) is 0 Å². The van der Waals surface area contributed by atoms with Gasteiger partial charge in [-0.1, -0.05) is 12.1 Å². The zero-order valence-corrected chi connectivity index (χ0v) is 19.7. The van der Waals surface area contributed by atoms with E-state index in [1.807, 2.05) is 17.5 Å². The number of benzene rings is 2. The number of carbonyl (C=O) groups excluding carboxylic acids is 3. The second-order valence-corrected chi connectivity index (χ2v) is 8.71. The minimum absolute atomic E-state index is 0.151. The molecule has 4 rings (SSSR count).